The zero-order valence-electron chi connectivity index (χ0n) is 11.7. The summed E-state index contributed by atoms with van der Waals surface area (Å²) in [4.78, 5) is 16.5. The van der Waals surface area contributed by atoms with Crippen LogP contribution in [0.2, 0.25) is 0 Å². The van der Waals surface area contributed by atoms with Crippen LogP contribution in [0.5, 0.6) is 0 Å². The number of aromatic nitrogens is 1. The minimum atomic E-state index is -0.149. The molecule has 0 bridgehead atoms. The Bertz CT molecular complexity index is 623. The number of carbonyl (C=O) groups excluding carboxylic acids is 1. The summed E-state index contributed by atoms with van der Waals surface area (Å²) in [6.45, 7) is 2.44. The molecular weight excluding hydrogens is 332 g/mol. The van der Waals surface area contributed by atoms with Gasteiger partial charge >= 0.3 is 0 Å². The summed E-state index contributed by atoms with van der Waals surface area (Å²) in [5, 5.41) is 2.89. The number of benzene rings is 1. The number of rotatable bonds is 5. The van der Waals surface area contributed by atoms with Crippen LogP contribution < -0.4 is 16.6 Å². The lowest BCUT2D eigenvalue weighted by atomic mass is 10.1. The third-order valence-corrected chi connectivity index (χ3v) is 3.49. The number of pyridine rings is 1. The van der Waals surface area contributed by atoms with Gasteiger partial charge in [0.2, 0.25) is 0 Å². The van der Waals surface area contributed by atoms with Crippen molar-refractivity contribution in [3.63, 3.8) is 0 Å². The lowest BCUT2D eigenvalue weighted by Gasteiger charge is -2.09. The molecule has 2 aromatic rings. The van der Waals surface area contributed by atoms with E-state index in [4.69, 9.17) is 5.84 Å². The van der Waals surface area contributed by atoms with Gasteiger partial charge in [0.15, 0.2) is 0 Å². The Balaban J connectivity index is 2.09. The summed E-state index contributed by atoms with van der Waals surface area (Å²) >= 11 is 3.41. The summed E-state index contributed by atoms with van der Waals surface area (Å²) in [5.74, 6) is 5.71. The van der Waals surface area contributed by atoms with Gasteiger partial charge in [-0.15, -0.1) is 0 Å². The topological polar surface area (TPSA) is 80.0 Å². The first-order chi connectivity index (χ1) is 10.1. The second-order valence-electron chi connectivity index (χ2n) is 4.54. The smallest absolute Gasteiger partial charge is 0.251 e. The fraction of sp³-hybridized carbons (Fsp3) is 0.200. The fourth-order valence-corrected chi connectivity index (χ4v) is 2.35. The molecule has 5 nitrogen and oxygen atoms in total. The molecule has 0 aliphatic heterocycles. The van der Waals surface area contributed by atoms with Gasteiger partial charge in [-0.25, -0.2) is 10.8 Å². The summed E-state index contributed by atoms with van der Waals surface area (Å²) in [6, 6.07) is 11.2. The van der Waals surface area contributed by atoms with Crippen LogP contribution in [0.3, 0.4) is 0 Å². The molecule has 0 unspecified atom stereocenters. The number of hydrogen-bond donors (Lipinski definition) is 3. The Morgan fingerprint density at radius 1 is 1.33 bits per heavy atom. The molecule has 2 rings (SSSR count). The average Bonchev–Trinajstić information content (AvgIpc) is 2.52. The second-order valence-corrected chi connectivity index (χ2v) is 5.46. The molecule has 0 spiro atoms. The molecule has 0 aliphatic carbocycles. The normalized spacial score (nSPS) is 10.2. The van der Waals surface area contributed by atoms with Crippen molar-refractivity contribution in [2.24, 2.45) is 5.84 Å². The van der Waals surface area contributed by atoms with Crippen molar-refractivity contribution < 1.29 is 4.79 Å². The van der Waals surface area contributed by atoms with E-state index in [9.17, 15) is 4.79 Å². The van der Waals surface area contributed by atoms with Crippen LogP contribution in [0, 0.1) is 0 Å². The summed E-state index contributed by atoms with van der Waals surface area (Å²) in [7, 11) is 0. The Kier molecular flexibility index (Phi) is 5.30. The van der Waals surface area contributed by atoms with Crippen LogP contribution in [0.1, 0.15) is 28.5 Å². The van der Waals surface area contributed by atoms with E-state index in [-0.39, 0.29) is 5.91 Å². The highest BCUT2D eigenvalue weighted by Gasteiger charge is 2.09. The molecule has 1 aromatic carbocycles. The average molecular weight is 349 g/mol. The molecule has 4 N–H and O–H groups in total. The van der Waals surface area contributed by atoms with E-state index >= 15 is 0 Å². The maximum atomic E-state index is 12.2. The predicted octanol–water partition coefficient (Wildman–Crippen LogP) is 2.62. The lowest BCUT2D eigenvalue weighted by molar-refractivity contribution is 0.0950. The van der Waals surface area contributed by atoms with E-state index in [0.29, 0.717) is 17.9 Å². The number of carbonyl (C=O) groups is 1. The van der Waals surface area contributed by atoms with Crippen molar-refractivity contribution in [1.29, 1.82) is 0 Å². The lowest BCUT2D eigenvalue weighted by Crippen LogP contribution is -2.23. The van der Waals surface area contributed by atoms with Crippen molar-refractivity contribution in [2.45, 2.75) is 19.9 Å². The Labute approximate surface area is 132 Å². The standard InChI is InChI=1S/C15H17BrN4O/c1-2-13-7-11(8-14(19-13)20-17)15(21)18-9-10-4-3-5-12(16)6-10/h3-8H,2,9,17H2,1H3,(H,18,21)(H,19,20). The van der Waals surface area contributed by atoms with E-state index in [1.54, 1.807) is 12.1 Å². The molecule has 0 atom stereocenters. The molecule has 0 saturated carbocycles. The van der Waals surface area contributed by atoms with Crippen molar-refractivity contribution >= 4 is 27.7 Å². The number of hydrogen-bond acceptors (Lipinski definition) is 4. The minimum Gasteiger partial charge on any atom is -0.348 e. The van der Waals surface area contributed by atoms with Crippen molar-refractivity contribution in [3.05, 3.63) is 57.7 Å². The fourth-order valence-electron chi connectivity index (χ4n) is 1.91. The number of nitrogens with zero attached hydrogens (tertiary/aromatic N) is 1. The van der Waals surface area contributed by atoms with Gasteiger partial charge in [0.05, 0.1) is 0 Å². The number of hydrazine groups is 1. The molecule has 21 heavy (non-hydrogen) atoms. The zero-order chi connectivity index (χ0) is 15.2. The highest BCUT2D eigenvalue weighted by molar-refractivity contribution is 9.10. The number of nitrogens with two attached hydrogens (primary N) is 1. The van der Waals surface area contributed by atoms with Gasteiger partial charge in [-0.1, -0.05) is 35.0 Å². The Morgan fingerprint density at radius 2 is 2.14 bits per heavy atom. The van der Waals surface area contributed by atoms with Crippen molar-refractivity contribution in [2.75, 3.05) is 5.43 Å². The summed E-state index contributed by atoms with van der Waals surface area (Å²) in [6.07, 6.45) is 0.738. The first kappa shape index (κ1) is 15.5. The van der Waals surface area contributed by atoms with Crippen molar-refractivity contribution in [3.8, 4) is 0 Å². The molecule has 0 fully saturated rings. The van der Waals surface area contributed by atoms with Crippen LogP contribution >= 0.6 is 15.9 Å². The van der Waals surface area contributed by atoms with E-state index in [1.807, 2.05) is 31.2 Å². The zero-order valence-corrected chi connectivity index (χ0v) is 13.3. The van der Waals surface area contributed by atoms with Crippen LogP contribution in [0.25, 0.3) is 0 Å². The van der Waals surface area contributed by atoms with E-state index in [2.05, 4.69) is 31.7 Å². The Morgan fingerprint density at radius 3 is 2.81 bits per heavy atom. The largest absolute Gasteiger partial charge is 0.348 e. The molecule has 0 radical (unpaired) electrons. The van der Waals surface area contributed by atoms with Gasteiger partial charge in [0.25, 0.3) is 5.91 Å². The summed E-state index contributed by atoms with van der Waals surface area (Å²) < 4.78 is 0.987. The first-order valence-electron chi connectivity index (χ1n) is 6.62. The van der Waals surface area contributed by atoms with Crippen LogP contribution in [0.4, 0.5) is 5.82 Å². The third kappa shape index (κ3) is 4.27. The number of nitrogen functional groups attached to an aromatic ring is 1. The maximum Gasteiger partial charge on any atom is 0.251 e. The van der Waals surface area contributed by atoms with Crippen molar-refractivity contribution in [1.82, 2.24) is 10.3 Å². The van der Waals surface area contributed by atoms with Gasteiger partial charge in [0, 0.05) is 22.3 Å². The molecule has 110 valence electrons. The highest BCUT2D eigenvalue weighted by atomic mass is 79.9. The Hall–Kier alpha value is -1.92. The first-order valence-corrected chi connectivity index (χ1v) is 7.42. The molecule has 6 heteroatoms. The van der Waals surface area contributed by atoms with E-state index in [1.165, 1.54) is 0 Å². The molecule has 1 amide bonds. The van der Waals surface area contributed by atoms with Crippen LogP contribution in [-0.4, -0.2) is 10.9 Å². The van der Waals surface area contributed by atoms with Gasteiger partial charge in [-0.05, 0) is 36.2 Å². The quantitative estimate of drug-likeness (QED) is 0.573. The number of nitrogens with one attached hydrogen (secondary N) is 2. The summed E-state index contributed by atoms with van der Waals surface area (Å²) in [5.41, 5.74) is 4.87. The second kappa shape index (κ2) is 7.19. The van der Waals surface area contributed by atoms with Gasteiger partial charge in [0.1, 0.15) is 5.82 Å². The number of anilines is 1. The minimum absolute atomic E-state index is 0.149. The number of aryl methyl sites for hydroxylation is 1. The van der Waals surface area contributed by atoms with E-state index < -0.39 is 0 Å². The predicted molar refractivity (Wildman–Crippen MR) is 86.7 cm³/mol. The maximum absolute atomic E-state index is 12.2. The van der Waals surface area contributed by atoms with Gasteiger partial charge < -0.3 is 10.7 Å². The molecular formula is C15H17BrN4O. The number of amides is 1. The number of halogens is 1. The van der Waals surface area contributed by atoms with Gasteiger partial charge in [-0.2, -0.15) is 0 Å². The SMILES string of the molecule is CCc1cc(C(=O)NCc2cccc(Br)c2)cc(NN)n1. The van der Waals surface area contributed by atoms with Gasteiger partial charge in [-0.3, -0.25) is 4.79 Å². The monoisotopic (exact) mass is 348 g/mol. The molecule has 0 aliphatic rings. The molecule has 1 heterocycles. The van der Waals surface area contributed by atoms with Crippen LogP contribution in [-0.2, 0) is 13.0 Å². The highest BCUT2D eigenvalue weighted by Crippen LogP contribution is 2.13. The van der Waals surface area contributed by atoms with Crippen LogP contribution in [0.15, 0.2) is 40.9 Å². The van der Waals surface area contributed by atoms with E-state index in [0.717, 1.165) is 22.2 Å². The molecule has 0 saturated heterocycles. The molecule has 1 aromatic heterocycles. The third-order valence-electron chi connectivity index (χ3n) is 2.99.